The maximum atomic E-state index is 10.7. The first-order valence-electron chi connectivity index (χ1n) is 6.05. The molecular weight excluding hydrogens is 308 g/mol. The summed E-state index contributed by atoms with van der Waals surface area (Å²) < 4.78 is 8.45. The van der Waals surface area contributed by atoms with Crippen LogP contribution in [0.5, 0.6) is 5.75 Å². The highest BCUT2D eigenvalue weighted by molar-refractivity contribution is 9.10. The van der Waals surface area contributed by atoms with E-state index in [1.807, 2.05) is 24.6 Å². The number of hydrogen-bond donors (Lipinski definition) is 0. The highest BCUT2D eigenvalue weighted by Crippen LogP contribution is 2.26. The van der Waals surface area contributed by atoms with Crippen LogP contribution in [-0.2, 0) is 13.2 Å². The predicted molar refractivity (Wildman–Crippen MR) is 76.5 cm³/mol. The van der Waals surface area contributed by atoms with Crippen LogP contribution in [0.3, 0.4) is 0 Å². The molecule has 0 aliphatic heterocycles. The quantitative estimate of drug-likeness (QED) is 0.793. The molecule has 0 saturated heterocycles. The topological polar surface area (TPSA) is 44.1 Å². The van der Waals surface area contributed by atoms with E-state index < -0.39 is 0 Å². The highest BCUT2D eigenvalue weighted by atomic mass is 79.9. The fourth-order valence-corrected chi connectivity index (χ4v) is 2.36. The minimum absolute atomic E-state index is 0.452. The minimum atomic E-state index is 0.452. The average Bonchev–Trinajstić information content (AvgIpc) is 2.77. The van der Waals surface area contributed by atoms with Crippen LogP contribution in [0.25, 0.3) is 0 Å². The molecule has 1 aromatic carbocycles. The lowest BCUT2D eigenvalue weighted by Crippen LogP contribution is -2.06. The highest BCUT2D eigenvalue weighted by Gasteiger charge is 2.07. The van der Waals surface area contributed by atoms with Gasteiger partial charge in [-0.25, -0.2) is 0 Å². The first kappa shape index (κ1) is 13.8. The third-order valence-corrected chi connectivity index (χ3v) is 3.37. The van der Waals surface area contributed by atoms with E-state index in [0.717, 1.165) is 28.7 Å². The van der Waals surface area contributed by atoms with E-state index in [0.29, 0.717) is 17.9 Å². The van der Waals surface area contributed by atoms with Crippen LogP contribution in [-0.4, -0.2) is 16.1 Å². The molecule has 0 fully saturated rings. The lowest BCUT2D eigenvalue weighted by molar-refractivity contribution is 0.112. The number of aromatic nitrogens is 2. The van der Waals surface area contributed by atoms with Gasteiger partial charge in [0.2, 0.25) is 0 Å². The third kappa shape index (κ3) is 3.23. The zero-order valence-electron chi connectivity index (χ0n) is 10.9. The summed E-state index contributed by atoms with van der Waals surface area (Å²) in [6, 6.07) is 7.27. The Morgan fingerprint density at radius 1 is 1.42 bits per heavy atom. The van der Waals surface area contributed by atoms with Crippen LogP contribution in [0.4, 0.5) is 0 Å². The standard InChI is InChI=1S/C14H15BrN2O2/c1-3-17-12(6-10(2)16-17)9-19-14-5-4-11(8-18)7-13(14)15/h4-8H,3,9H2,1-2H3. The summed E-state index contributed by atoms with van der Waals surface area (Å²) in [5.74, 6) is 0.715. The first-order valence-corrected chi connectivity index (χ1v) is 6.84. The van der Waals surface area contributed by atoms with Crippen LogP contribution in [0.1, 0.15) is 28.7 Å². The zero-order chi connectivity index (χ0) is 13.8. The van der Waals surface area contributed by atoms with Gasteiger partial charge in [0.15, 0.2) is 0 Å². The maximum absolute atomic E-state index is 10.7. The minimum Gasteiger partial charge on any atom is -0.486 e. The van der Waals surface area contributed by atoms with E-state index in [2.05, 4.69) is 21.0 Å². The van der Waals surface area contributed by atoms with Gasteiger partial charge in [-0.2, -0.15) is 5.10 Å². The molecule has 2 aromatic rings. The van der Waals surface area contributed by atoms with Gasteiger partial charge >= 0.3 is 0 Å². The van der Waals surface area contributed by atoms with Crippen molar-refractivity contribution < 1.29 is 9.53 Å². The first-order chi connectivity index (χ1) is 9.13. The number of rotatable bonds is 5. The van der Waals surface area contributed by atoms with E-state index in [4.69, 9.17) is 4.74 Å². The molecule has 0 saturated carbocycles. The summed E-state index contributed by atoms with van der Waals surface area (Å²) in [5.41, 5.74) is 2.64. The SMILES string of the molecule is CCn1nc(C)cc1COc1ccc(C=O)cc1Br. The number of aryl methyl sites for hydroxylation is 2. The molecule has 2 rings (SSSR count). The van der Waals surface area contributed by atoms with E-state index in [-0.39, 0.29) is 0 Å². The van der Waals surface area contributed by atoms with Crippen molar-refractivity contribution in [2.45, 2.75) is 27.0 Å². The monoisotopic (exact) mass is 322 g/mol. The molecule has 0 unspecified atom stereocenters. The fraction of sp³-hybridized carbons (Fsp3) is 0.286. The zero-order valence-corrected chi connectivity index (χ0v) is 12.5. The van der Waals surface area contributed by atoms with Gasteiger partial charge in [-0.1, -0.05) is 0 Å². The molecule has 19 heavy (non-hydrogen) atoms. The lowest BCUT2D eigenvalue weighted by Gasteiger charge is -2.09. The van der Waals surface area contributed by atoms with Gasteiger partial charge in [0.1, 0.15) is 18.6 Å². The summed E-state index contributed by atoms with van der Waals surface area (Å²) in [6.45, 7) is 5.28. The number of nitrogens with zero attached hydrogens (tertiary/aromatic N) is 2. The van der Waals surface area contributed by atoms with Crippen molar-refractivity contribution >= 4 is 22.2 Å². The predicted octanol–water partition coefficient (Wildman–Crippen LogP) is 3.37. The van der Waals surface area contributed by atoms with Crippen LogP contribution in [0.15, 0.2) is 28.7 Å². The molecule has 0 aliphatic carbocycles. The molecule has 4 nitrogen and oxygen atoms in total. The second kappa shape index (κ2) is 6.02. The summed E-state index contributed by atoms with van der Waals surface area (Å²) >= 11 is 3.40. The third-order valence-electron chi connectivity index (χ3n) is 2.75. The van der Waals surface area contributed by atoms with Crippen LogP contribution in [0.2, 0.25) is 0 Å². The Balaban J connectivity index is 2.11. The molecule has 1 aromatic heterocycles. The molecule has 0 spiro atoms. The van der Waals surface area contributed by atoms with Gasteiger partial charge in [0.25, 0.3) is 0 Å². The smallest absolute Gasteiger partial charge is 0.150 e. The van der Waals surface area contributed by atoms with E-state index in [1.165, 1.54) is 0 Å². The van der Waals surface area contributed by atoms with Crippen molar-refractivity contribution in [3.63, 3.8) is 0 Å². The van der Waals surface area contributed by atoms with Gasteiger partial charge in [-0.3, -0.25) is 9.48 Å². The molecule has 0 radical (unpaired) electrons. The van der Waals surface area contributed by atoms with Crippen LogP contribution in [0, 0.1) is 6.92 Å². The van der Waals surface area contributed by atoms with E-state index >= 15 is 0 Å². The Kier molecular flexibility index (Phi) is 4.37. The van der Waals surface area contributed by atoms with Crippen LogP contribution >= 0.6 is 15.9 Å². The number of carbonyl (C=O) groups excluding carboxylic acids is 1. The summed E-state index contributed by atoms with van der Waals surface area (Å²) in [5, 5.41) is 4.37. The molecular formula is C14H15BrN2O2. The second-order valence-corrected chi connectivity index (χ2v) is 5.04. The van der Waals surface area contributed by atoms with Gasteiger partial charge in [-0.15, -0.1) is 0 Å². The van der Waals surface area contributed by atoms with Gasteiger partial charge in [0, 0.05) is 12.1 Å². The van der Waals surface area contributed by atoms with E-state index in [9.17, 15) is 4.79 Å². The number of carbonyl (C=O) groups is 1. The molecule has 0 N–H and O–H groups in total. The number of hydrogen-bond acceptors (Lipinski definition) is 3. The van der Waals surface area contributed by atoms with Crippen molar-refractivity contribution in [3.8, 4) is 5.75 Å². The maximum Gasteiger partial charge on any atom is 0.150 e. The molecule has 5 heteroatoms. The fourth-order valence-electron chi connectivity index (χ4n) is 1.85. The Labute approximate surface area is 120 Å². The summed E-state index contributed by atoms with van der Waals surface area (Å²) in [4.78, 5) is 10.7. The number of halogens is 1. The van der Waals surface area contributed by atoms with Crippen LogP contribution < -0.4 is 4.74 Å². The van der Waals surface area contributed by atoms with Crippen molar-refractivity contribution in [3.05, 3.63) is 45.7 Å². The number of ether oxygens (including phenoxy) is 1. The largest absolute Gasteiger partial charge is 0.486 e. The molecule has 0 amide bonds. The second-order valence-electron chi connectivity index (χ2n) is 4.19. The molecule has 100 valence electrons. The summed E-state index contributed by atoms with van der Waals surface area (Å²) in [6.07, 6.45) is 0.810. The lowest BCUT2D eigenvalue weighted by atomic mass is 10.2. The average molecular weight is 323 g/mol. The van der Waals surface area contributed by atoms with E-state index in [1.54, 1.807) is 18.2 Å². The Bertz CT molecular complexity index is 593. The van der Waals surface area contributed by atoms with Crippen molar-refractivity contribution in [2.24, 2.45) is 0 Å². The van der Waals surface area contributed by atoms with Crippen molar-refractivity contribution in [1.82, 2.24) is 9.78 Å². The molecule has 0 bridgehead atoms. The van der Waals surface area contributed by atoms with Gasteiger partial charge in [0.05, 0.1) is 15.9 Å². The Morgan fingerprint density at radius 3 is 2.84 bits per heavy atom. The molecule has 0 aliphatic rings. The van der Waals surface area contributed by atoms with Gasteiger partial charge in [-0.05, 0) is 54.0 Å². The Hall–Kier alpha value is -1.62. The summed E-state index contributed by atoms with van der Waals surface area (Å²) in [7, 11) is 0. The number of aldehydes is 1. The molecule has 0 atom stereocenters. The van der Waals surface area contributed by atoms with Crippen molar-refractivity contribution in [2.75, 3.05) is 0 Å². The normalized spacial score (nSPS) is 10.5. The van der Waals surface area contributed by atoms with Gasteiger partial charge < -0.3 is 4.74 Å². The van der Waals surface area contributed by atoms with Crippen molar-refractivity contribution in [1.29, 1.82) is 0 Å². The molecule has 1 heterocycles. The Morgan fingerprint density at radius 2 is 2.21 bits per heavy atom. The number of benzene rings is 1.